The van der Waals surface area contributed by atoms with Gasteiger partial charge in [-0.05, 0) is 36.6 Å². The van der Waals surface area contributed by atoms with Crippen LogP contribution in [0.3, 0.4) is 0 Å². The Morgan fingerprint density at radius 1 is 1.21 bits per heavy atom. The molecule has 3 rings (SSSR count). The highest BCUT2D eigenvalue weighted by Gasteiger charge is 2.19. The molecule has 0 atom stereocenters. The van der Waals surface area contributed by atoms with E-state index in [9.17, 15) is 10.1 Å². The highest BCUT2D eigenvalue weighted by Crippen LogP contribution is 2.22. The molecule has 2 aromatic rings. The summed E-state index contributed by atoms with van der Waals surface area (Å²) < 4.78 is 0. The minimum absolute atomic E-state index is 0.122. The first-order valence-electron chi connectivity index (χ1n) is 9.54. The van der Waals surface area contributed by atoms with Crippen molar-refractivity contribution in [1.82, 2.24) is 9.88 Å². The molecule has 0 aliphatic carbocycles. The van der Waals surface area contributed by atoms with Gasteiger partial charge in [0.05, 0.1) is 0 Å². The van der Waals surface area contributed by atoms with E-state index in [1.54, 1.807) is 12.4 Å². The lowest BCUT2D eigenvalue weighted by Gasteiger charge is -2.34. The number of anilines is 2. The number of aromatic nitrogens is 1. The molecule has 1 aliphatic heterocycles. The van der Waals surface area contributed by atoms with Crippen molar-refractivity contribution >= 4 is 17.4 Å². The Balaban J connectivity index is 1.66. The molecule has 1 amide bonds. The second-order valence-corrected chi connectivity index (χ2v) is 6.78. The first-order chi connectivity index (χ1) is 13.6. The van der Waals surface area contributed by atoms with Gasteiger partial charge in [0, 0.05) is 44.3 Å². The van der Waals surface area contributed by atoms with Crippen LogP contribution in [0.5, 0.6) is 0 Å². The quantitative estimate of drug-likeness (QED) is 0.642. The molecule has 1 aromatic carbocycles. The second-order valence-electron chi connectivity index (χ2n) is 6.78. The molecular weight excluding hydrogens is 350 g/mol. The van der Waals surface area contributed by atoms with Gasteiger partial charge in [-0.3, -0.25) is 4.79 Å². The number of hydrogen-bond donors (Lipinski definition) is 1. The van der Waals surface area contributed by atoms with Gasteiger partial charge in [0.1, 0.15) is 17.5 Å². The SMILES string of the molecule is CCc1cccc(C)c1NC(=O)/C(C#N)=C\N1CCN(c2ccccn2)CC1. The van der Waals surface area contributed by atoms with Crippen LogP contribution in [0.25, 0.3) is 0 Å². The molecule has 0 unspecified atom stereocenters. The van der Waals surface area contributed by atoms with Crippen molar-refractivity contribution in [3.63, 3.8) is 0 Å². The Labute approximate surface area is 166 Å². The van der Waals surface area contributed by atoms with Gasteiger partial charge >= 0.3 is 0 Å². The molecule has 6 nitrogen and oxygen atoms in total. The van der Waals surface area contributed by atoms with E-state index in [0.717, 1.165) is 55.2 Å². The van der Waals surface area contributed by atoms with E-state index in [2.05, 4.69) is 21.3 Å². The van der Waals surface area contributed by atoms with Crippen molar-refractivity contribution < 1.29 is 4.79 Å². The lowest BCUT2D eigenvalue weighted by molar-refractivity contribution is -0.112. The van der Waals surface area contributed by atoms with E-state index in [4.69, 9.17) is 0 Å². The summed E-state index contributed by atoms with van der Waals surface area (Å²) in [4.78, 5) is 21.3. The third-order valence-corrected chi connectivity index (χ3v) is 4.94. The molecule has 0 bridgehead atoms. The van der Waals surface area contributed by atoms with Crippen LogP contribution in [-0.4, -0.2) is 42.0 Å². The number of nitrogens with zero attached hydrogens (tertiary/aromatic N) is 4. The summed E-state index contributed by atoms with van der Waals surface area (Å²) in [5.74, 6) is 0.592. The zero-order valence-corrected chi connectivity index (χ0v) is 16.4. The van der Waals surface area contributed by atoms with Crippen LogP contribution in [0, 0.1) is 18.3 Å². The van der Waals surface area contributed by atoms with E-state index in [1.165, 1.54) is 0 Å². The van der Waals surface area contributed by atoms with Gasteiger partial charge in [-0.25, -0.2) is 4.98 Å². The second kappa shape index (κ2) is 9.05. The van der Waals surface area contributed by atoms with Crippen molar-refractivity contribution in [2.24, 2.45) is 0 Å². The summed E-state index contributed by atoms with van der Waals surface area (Å²) in [6.07, 6.45) is 4.28. The lowest BCUT2D eigenvalue weighted by Crippen LogP contribution is -2.44. The van der Waals surface area contributed by atoms with E-state index in [1.807, 2.05) is 55.1 Å². The number of amides is 1. The predicted molar refractivity (Wildman–Crippen MR) is 111 cm³/mol. The normalized spacial score (nSPS) is 14.5. The highest BCUT2D eigenvalue weighted by molar-refractivity contribution is 6.07. The molecule has 1 fully saturated rings. The fourth-order valence-corrected chi connectivity index (χ4v) is 3.32. The van der Waals surface area contributed by atoms with Gasteiger partial charge in [-0.2, -0.15) is 5.26 Å². The van der Waals surface area contributed by atoms with Crippen molar-refractivity contribution in [2.45, 2.75) is 20.3 Å². The van der Waals surface area contributed by atoms with Gasteiger partial charge in [0.25, 0.3) is 5.91 Å². The van der Waals surface area contributed by atoms with Crippen molar-refractivity contribution in [1.29, 1.82) is 5.26 Å². The Hall–Kier alpha value is -3.33. The van der Waals surface area contributed by atoms with Gasteiger partial charge < -0.3 is 15.1 Å². The Bertz CT molecular complexity index is 893. The van der Waals surface area contributed by atoms with Crippen LogP contribution in [0.2, 0.25) is 0 Å². The van der Waals surface area contributed by atoms with Crippen molar-refractivity contribution in [3.8, 4) is 6.07 Å². The Morgan fingerprint density at radius 3 is 2.64 bits per heavy atom. The van der Waals surface area contributed by atoms with Crippen molar-refractivity contribution in [3.05, 3.63) is 65.5 Å². The Morgan fingerprint density at radius 2 is 2.00 bits per heavy atom. The summed E-state index contributed by atoms with van der Waals surface area (Å²) in [7, 11) is 0. The fourth-order valence-electron chi connectivity index (χ4n) is 3.32. The summed E-state index contributed by atoms with van der Waals surface area (Å²) in [5.41, 5.74) is 2.98. The number of nitriles is 1. The van der Waals surface area contributed by atoms with E-state index >= 15 is 0 Å². The number of pyridine rings is 1. The maximum atomic E-state index is 12.7. The number of aryl methyl sites for hydroxylation is 2. The summed E-state index contributed by atoms with van der Waals surface area (Å²) in [6.45, 7) is 7.07. The van der Waals surface area contributed by atoms with Crippen LogP contribution in [0.4, 0.5) is 11.5 Å². The standard InChI is InChI=1S/C22H25N5O/c1-3-18-8-6-7-17(2)21(18)25-22(28)19(15-23)16-26-11-13-27(14-12-26)20-9-4-5-10-24-20/h4-10,16H,3,11-14H2,1-2H3,(H,25,28)/b19-16-. The number of piperazine rings is 1. The number of rotatable bonds is 5. The smallest absolute Gasteiger partial charge is 0.267 e. The topological polar surface area (TPSA) is 72.3 Å². The lowest BCUT2D eigenvalue weighted by atomic mass is 10.1. The first-order valence-corrected chi connectivity index (χ1v) is 9.54. The molecular formula is C22H25N5O. The van der Waals surface area contributed by atoms with Crippen molar-refractivity contribution in [2.75, 3.05) is 36.4 Å². The molecule has 0 radical (unpaired) electrons. The summed E-state index contributed by atoms with van der Waals surface area (Å²) in [5, 5.41) is 12.4. The molecule has 0 saturated carbocycles. The number of carbonyl (C=O) groups excluding carboxylic acids is 1. The van der Waals surface area contributed by atoms with Crippen LogP contribution in [-0.2, 0) is 11.2 Å². The molecule has 1 aliphatic rings. The number of hydrogen-bond acceptors (Lipinski definition) is 5. The number of para-hydroxylation sites is 1. The zero-order chi connectivity index (χ0) is 19.9. The highest BCUT2D eigenvalue weighted by atomic mass is 16.1. The molecule has 28 heavy (non-hydrogen) atoms. The molecule has 2 heterocycles. The minimum atomic E-state index is -0.362. The summed E-state index contributed by atoms with van der Waals surface area (Å²) in [6, 6.07) is 13.9. The fraction of sp³-hybridized carbons (Fsp3) is 0.318. The third kappa shape index (κ3) is 4.49. The zero-order valence-electron chi connectivity index (χ0n) is 16.4. The Kier molecular flexibility index (Phi) is 6.28. The predicted octanol–water partition coefficient (Wildman–Crippen LogP) is 3.12. The van der Waals surface area contributed by atoms with Gasteiger partial charge in [-0.1, -0.05) is 31.2 Å². The molecule has 144 valence electrons. The summed E-state index contributed by atoms with van der Waals surface area (Å²) >= 11 is 0. The van der Waals surface area contributed by atoms with Crippen LogP contribution in [0.1, 0.15) is 18.1 Å². The largest absolute Gasteiger partial charge is 0.373 e. The number of nitrogens with one attached hydrogen (secondary N) is 1. The van der Waals surface area contributed by atoms with Crippen LogP contribution in [0.15, 0.2) is 54.4 Å². The van der Waals surface area contributed by atoms with Crippen LogP contribution < -0.4 is 10.2 Å². The average Bonchev–Trinajstić information content (AvgIpc) is 2.74. The van der Waals surface area contributed by atoms with E-state index in [0.29, 0.717) is 0 Å². The molecule has 6 heteroatoms. The molecule has 0 spiro atoms. The van der Waals surface area contributed by atoms with Crippen LogP contribution >= 0.6 is 0 Å². The van der Waals surface area contributed by atoms with Gasteiger partial charge in [0.2, 0.25) is 0 Å². The van der Waals surface area contributed by atoms with Gasteiger partial charge in [-0.15, -0.1) is 0 Å². The average molecular weight is 375 g/mol. The van der Waals surface area contributed by atoms with E-state index < -0.39 is 0 Å². The molecule has 1 aromatic heterocycles. The first kappa shape index (κ1) is 19.4. The van der Waals surface area contributed by atoms with Gasteiger partial charge in [0.15, 0.2) is 0 Å². The number of carbonyl (C=O) groups is 1. The monoisotopic (exact) mass is 375 g/mol. The maximum absolute atomic E-state index is 12.7. The molecule has 1 N–H and O–H groups in total. The number of benzene rings is 1. The van der Waals surface area contributed by atoms with E-state index in [-0.39, 0.29) is 11.5 Å². The maximum Gasteiger partial charge on any atom is 0.267 e. The third-order valence-electron chi connectivity index (χ3n) is 4.94. The molecule has 1 saturated heterocycles. The minimum Gasteiger partial charge on any atom is -0.373 e.